The molecule has 21 heavy (non-hydrogen) atoms. The number of carboxylic acid groups (broad SMARTS) is 1. The lowest BCUT2D eigenvalue weighted by atomic mass is 9.92. The van der Waals surface area contributed by atoms with E-state index in [9.17, 15) is 9.59 Å². The van der Waals surface area contributed by atoms with Crippen LogP contribution < -0.4 is 5.32 Å². The lowest BCUT2D eigenvalue weighted by Crippen LogP contribution is -2.45. The van der Waals surface area contributed by atoms with Crippen molar-refractivity contribution in [3.8, 4) is 0 Å². The number of aromatic amines is 1. The number of carbonyl (C=O) groups excluding carboxylic acids is 1. The third-order valence-corrected chi connectivity index (χ3v) is 3.94. The second-order valence-corrected chi connectivity index (χ2v) is 5.51. The maximum Gasteiger partial charge on any atom is 0.317 e. The van der Waals surface area contributed by atoms with Gasteiger partial charge in [0, 0.05) is 31.9 Å². The van der Waals surface area contributed by atoms with Crippen molar-refractivity contribution in [2.24, 2.45) is 5.92 Å². The molecule has 0 radical (unpaired) electrons. The largest absolute Gasteiger partial charge is 0.481 e. The van der Waals surface area contributed by atoms with Crippen molar-refractivity contribution in [1.29, 1.82) is 0 Å². The number of rotatable bonds is 5. The molecule has 0 aliphatic carbocycles. The molecule has 7 heteroatoms. The molecule has 2 heterocycles. The third kappa shape index (κ3) is 4.47. The summed E-state index contributed by atoms with van der Waals surface area (Å²) in [6.07, 6.45) is 6.05. The lowest BCUT2D eigenvalue weighted by molar-refractivity contribution is -0.137. The first-order valence-electron chi connectivity index (χ1n) is 7.32. The summed E-state index contributed by atoms with van der Waals surface area (Å²) >= 11 is 0. The van der Waals surface area contributed by atoms with Crippen LogP contribution in [0.15, 0.2) is 12.4 Å². The van der Waals surface area contributed by atoms with Crippen molar-refractivity contribution in [2.75, 3.05) is 13.1 Å². The second-order valence-electron chi connectivity index (χ2n) is 5.51. The Bertz CT molecular complexity index is 467. The van der Waals surface area contributed by atoms with E-state index in [-0.39, 0.29) is 18.5 Å². The predicted molar refractivity (Wildman–Crippen MR) is 76.7 cm³/mol. The van der Waals surface area contributed by atoms with Crippen LogP contribution in [0.1, 0.15) is 44.5 Å². The van der Waals surface area contributed by atoms with Gasteiger partial charge in [-0.15, -0.1) is 0 Å². The average molecular weight is 294 g/mol. The molecule has 1 atom stereocenters. The van der Waals surface area contributed by atoms with Crippen LogP contribution in [0, 0.1) is 5.92 Å². The van der Waals surface area contributed by atoms with E-state index < -0.39 is 5.97 Å². The number of hydrogen-bond donors (Lipinski definition) is 3. The van der Waals surface area contributed by atoms with Crippen molar-refractivity contribution in [3.05, 3.63) is 18.2 Å². The Balaban J connectivity index is 1.74. The predicted octanol–water partition coefficient (Wildman–Crippen LogP) is 1.76. The lowest BCUT2D eigenvalue weighted by Gasteiger charge is -2.32. The standard InChI is InChI=1S/C14H22N4O3/c1-10(13-15-6-7-16-13)17-14(21)18-8-4-11(5-9-18)2-3-12(19)20/h6-7,10-11H,2-5,8-9H2,1H3,(H,15,16)(H,17,21)(H,19,20). The van der Waals surface area contributed by atoms with Gasteiger partial charge in [0.05, 0.1) is 6.04 Å². The SMILES string of the molecule is CC(NC(=O)N1CCC(CCC(=O)O)CC1)c1ncc[nH]1. The van der Waals surface area contributed by atoms with Gasteiger partial charge in [0.25, 0.3) is 0 Å². The number of carbonyl (C=O) groups is 2. The maximum atomic E-state index is 12.2. The fraction of sp³-hybridized carbons (Fsp3) is 0.643. The Morgan fingerprint density at radius 2 is 2.24 bits per heavy atom. The molecule has 0 saturated carbocycles. The minimum Gasteiger partial charge on any atom is -0.481 e. The molecule has 0 spiro atoms. The fourth-order valence-corrected chi connectivity index (χ4v) is 2.61. The number of piperidine rings is 1. The van der Waals surface area contributed by atoms with Crippen molar-refractivity contribution >= 4 is 12.0 Å². The summed E-state index contributed by atoms with van der Waals surface area (Å²) in [4.78, 5) is 31.6. The zero-order valence-electron chi connectivity index (χ0n) is 12.2. The van der Waals surface area contributed by atoms with Crippen LogP contribution in [-0.2, 0) is 4.79 Å². The Hall–Kier alpha value is -2.05. The zero-order valence-corrected chi connectivity index (χ0v) is 12.2. The van der Waals surface area contributed by atoms with Crippen molar-refractivity contribution in [3.63, 3.8) is 0 Å². The van der Waals surface area contributed by atoms with Gasteiger partial charge in [-0.3, -0.25) is 4.79 Å². The van der Waals surface area contributed by atoms with Crippen LogP contribution in [-0.4, -0.2) is 45.1 Å². The molecule has 0 bridgehead atoms. The Labute approximate surface area is 123 Å². The number of nitrogens with zero attached hydrogens (tertiary/aromatic N) is 2. The number of aromatic nitrogens is 2. The number of amides is 2. The number of hydrogen-bond acceptors (Lipinski definition) is 3. The number of carboxylic acids is 1. The van der Waals surface area contributed by atoms with E-state index in [0.717, 1.165) is 18.7 Å². The number of likely N-dealkylation sites (tertiary alicyclic amines) is 1. The number of nitrogens with one attached hydrogen (secondary N) is 2. The molecule has 3 N–H and O–H groups in total. The minimum absolute atomic E-state index is 0.0874. The molecule has 7 nitrogen and oxygen atoms in total. The molecule has 1 fully saturated rings. The molecule has 0 aromatic carbocycles. The van der Waals surface area contributed by atoms with Crippen molar-refractivity contribution in [1.82, 2.24) is 20.2 Å². The van der Waals surface area contributed by atoms with Gasteiger partial charge in [-0.1, -0.05) is 0 Å². The van der Waals surface area contributed by atoms with Crippen molar-refractivity contribution in [2.45, 2.75) is 38.6 Å². The van der Waals surface area contributed by atoms with E-state index in [1.807, 2.05) is 6.92 Å². The fourth-order valence-electron chi connectivity index (χ4n) is 2.61. The molecular weight excluding hydrogens is 272 g/mol. The summed E-state index contributed by atoms with van der Waals surface area (Å²) < 4.78 is 0. The van der Waals surface area contributed by atoms with E-state index in [0.29, 0.717) is 25.4 Å². The topological polar surface area (TPSA) is 98.3 Å². The molecule has 2 rings (SSSR count). The van der Waals surface area contributed by atoms with E-state index in [1.54, 1.807) is 17.3 Å². The van der Waals surface area contributed by atoms with E-state index in [1.165, 1.54) is 0 Å². The molecule has 1 unspecified atom stereocenters. The summed E-state index contributed by atoms with van der Waals surface area (Å²) in [6, 6.07) is -0.243. The van der Waals surface area contributed by atoms with E-state index in [2.05, 4.69) is 15.3 Å². The highest BCUT2D eigenvalue weighted by atomic mass is 16.4. The summed E-state index contributed by atoms with van der Waals surface area (Å²) in [7, 11) is 0. The first-order chi connectivity index (χ1) is 10.1. The number of imidazole rings is 1. The van der Waals surface area contributed by atoms with Gasteiger partial charge in [-0.05, 0) is 32.1 Å². The molecule has 1 aliphatic heterocycles. The summed E-state index contributed by atoms with van der Waals surface area (Å²) in [5, 5.41) is 11.6. The smallest absolute Gasteiger partial charge is 0.317 e. The first kappa shape index (κ1) is 15.3. The van der Waals surface area contributed by atoms with Gasteiger partial charge in [-0.25, -0.2) is 9.78 Å². The molecular formula is C14H22N4O3. The number of urea groups is 1. The molecule has 1 aromatic heterocycles. The molecule has 1 aromatic rings. The summed E-state index contributed by atoms with van der Waals surface area (Å²) in [5.74, 6) is 0.398. The second kappa shape index (κ2) is 7.10. The van der Waals surface area contributed by atoms with Crippen LogP contribution in [0.5, 0.6) is 0 Å². The molecule has 1 saturated heterocycles. The normalized spacial score (nSPS) is 17.5. The van der Waals surface area contributed by atoms with Gasteiger partial charge in [0.1, 0.15) is 5.82 Å². The van der Waals surface area contributed by atoms with Gasteiger partial charge in [-0.2, -0.15) is 0 Å². The van der Waals surface area contributed by atoms with Crippen LogP contribution in [0.4, 0.5) is 4.79 Å². The van der Waals surface area contributed by atoms with Gasteiger partial charge in [0.2, 0.25) is 0 Å². The number of H-pyrrole nitrogens is 1. The summed E-state index contributed by atoms with van der Waals surface area (Å²) in [6.45, 7) is 3.25. The monoisotopic (exact) mass is 294 g/mol. The van der Waals surface area contributed by atoms with Crippen LogP contribution in [0.3, 0.4) is 0 Å². The maximum absolute atomic E-state index is 12.2. The Kier molecular flexibility index (Phi) is 5.19. The van der Waals surface area contributed by atoms with Crippen LogP contribution >= 0.6 is 0 Å². The molecule has 116 valence electrons. The highest BCUT2D eigenvalue weighted by molar-refractivity contribution is 5.74. The van der Waals surface area contributed by atoms with Crippen LogP contribution in [0.2, 0.25) is 0 Å². The summed E-state index contributed by atoms with van der Waals surface area (Å²) in [5.41, 5.74) is 0. The Morgan fingerprint density at radius 1 is 1.52 bits per heavy atom. The van der Waals surface area contributed by atoms with Crippen LogP contribution in [0.25, 0.3) is 0 Å². The third-order valence-electron chi connectivity index (χ3n) is 3.94. The zero-order chi connectivity index (χ0) is 15.2. The highest BCUT2D eigenvalue weighted by Gasteiger charge is 2.24. The van der Waals surface area contributed by atoms with Gasteiger partial charge < -0.3 is 20.3 Å². The highest BCUT2D eigenvalue weighted by Crippen LogP contribution is 2.22. The Morgan fingerprint density at radius 3 is 2.81 bits per heavy atom. The average Bonchev–Trinajstić information content (AvgIpc) is 3.00. The van der Waals surface area contributed by atoms with E-state index >= 15 is 0 Å². The number of aliphatic carboxylic acids is 1. The van der Waals surface area contributed by atoms with Crippen molar-refractivity contribution < 1.29 is 14.7 Å². The van der Waals surface area contributed by atoms with Gasteiger partial charge in [0.15, 0.2) is 0 Å². The van der Waals surface area contributed by atoms with E-state index in [4.69, 9.17) is 5.11 Å². The molecule has 2 amide bonds. The minimum atomic E-state index is -0.748. The quantitative estimate of drug-likeness (QED) is 0.770. The molecule has 1 aliphatic rings. The van der Waals surface area contributed by atoms with Gasteiger partial charge >= 0.3 is 12.0 Å². The first-order valence-corrected chi connectivity index (χ1v) is 7.32.